The SMILES string of the molecule is CC1(C)c2ccccc2-c2c(-c3cccc(-c4ccc(-c5cc(-c6ccccc6-c6ccccc6)nc(-c6ccccc6)n5)c5ccccc45)c3)cccc21. The van der Waals surface area contributed by atoms with Crippen LogP contribution in [0.25, 0.3) is 89.2 Å². The van der Waals surface area contributed by atoms with E-state index < -0.39 is 0 Å². The smallest absolute Gasteiger partial charge is 0.160 e. The molecule has 0 fully saturated rings. The van der Waals surface area contributed by atoms with Gasteiger partial charge in [-0.3, -0.25) is 0 Å². The Hall–Kier alpha value is -6.90. The van der Waals surface area contributed by atoms with E-state index in [4.69, 9.17) is 9.97 Å². The van der Waals surface area contributed by atoms with Crippen LogP contribution in [0.5, 0.6) is 0 Å². The van der Waals surface area contributed by atoms with E-state index in [9.17, 15) is 0 Å². The molecule has 0 N–H and O–H groups in total. The summed E-state index contributed by atoms with van der Waals surface area (Å²) in [6.45, 7) is 4.69. The minimum Gasteiger partial charge on any atom is -0.228 e. The maximum atomic E-state index is 5.26. The average molecular weight is 703 g/mol. The zero-order chi connectivity index (χ0) is 36.9. The van der Waals surface area contributed by atoms with Gasteiger partial charge >= 0.3 is 0 Å². The van der Waals surface area contributed by atoms with E-state index in [0.717, 1.165) is 44.6 Å². The van der Waals surface area contributed by atoms with Crippen LogP contribution in [0.3, 0.4) is 0 Å². The summed E-state index contributed by atoms with van der Waals surface area (Å²) in [5.41, 5.74) is 17.5. The number of aromatic nitrogens is 2. The predicted molar refractivity (Wildman–Crippen MR) is 230 cm³/mol. The molecule has 0 saturated heterocycles. The summed E-state index contributed by atoms with van der Waals surface area (Å²) in [6, 6.07) is 69.5. The molecule has 1 aliphatic rings. The molecule has 0 atom stereocenters. The topological polar surface area (TPSA) is 25.8 Å². The molecule has 8 aromatic carbocycles. The van der Waals surface area contributed by atoms with Crippen molar-refractivity contribution in [1.82, 2.24) is 9.97 Å². The first kappa shape index (κ1) is 32.7. The van der Waals surface area contributed by atoms with E-state index in [0.29, 0.717) is 5.82 Å². The van der Waals surface area contributed by atoms with Gasteiger partial charge in [0.05, 0.1) is 11.4 Å². The number of hydrogen-bond donors (Lipinski definition) is 0. The number of fused-ring (bicyclic) bond motifs is 4. The lowest BCUT2D eigenvalue weighted by Gasteiger charge is -2.21. The van der Waals surface area contributed by atoms with Crippen LogP contribution in [0.2, 0.25) is 0 Å². The van der Waals surface area contributed by atoms with Gasteiger partial charge in [-0.1, -0.05) is 196 Å². The second kappa shape index (κ2) is 13.2. The molecule has 0 saturated carbocycles. The van der Waals surface area contributed by atoms with E-state index in [1.54, 1.807) is 0 Å². The lowest BCUT2D eigenvalue weighted by Crippen LogP contribution is -2.14. The fraction of sp³-hybridized carbons (Fsp3) is 0.0566. The third-order valence-electron chi connectivity index (χ3n) is 11.3. The van der Waals surface area contributed by atoms with Crippen molar-refractivity contribution >= 4 is 10.8 Å². The van der Waals surface area contributed by atoms with Crippen LogP contribution in [0.4, 0.5) is 0 Å². The average Bonchev–Trinajstić information content (AvgIpc) is 3.49. The number of hydrogen-bond acceptors (Lipinski definition) is 2. The van der Waals surface area contributed by atoms with Crippen molar-refractivity contribution in [3.63, 3.8) is 0 Å². The minimum absolute atomic E-state index is 0.0452. The molecule has 0 spiro atoms. The zero-order valence-electron chi connectivity index (χ0n) is 30.9. The Labute approximate surface area is 322 Å². The van der Waals surface area contributed by atoms with Crippen LogP contribution in [-0.2, 0) is 5.41 Å². The maximum Gasteiger partial charge on any atom is 0.160 e. The Morgan fingerprint density at radius 3 is 1.56 bits per heavy atom. The Bertz CT molecular complexity index is 2890. The molecular formula is C53H38N2. The molecule has 0 radical (unpaired) electrons. The fourth-order valence-electron chi connectivity index (χ4n) is 8.64. The van der Waals surface area contributed by atoms with Crippen LogP contribution in [0, 0.1) is 0 Å². The van der Waals surface area contributed by atoms with Crippen molar-refractivity contribution in [3.8, 4) is 78.4 Å². The second-order valence-electron chi connectivity index (χ2n) is 14.9. The lowest BCUT2D eigenvalue weighted by atomic mass is 9.82. The molecule has 1 aromatic heterocycles. The first-order chi connectivity index (χ1) is 27.0. The second-order valence-corrected chi connectivity index (χ2v) is 14.9. The summed E-state index contributed by atoms with van der Waals surface area (Å²) in [5, 5.41) is 2.34. The molecule has 2 nitrogen and oxygen atoms in total. The molecule has 0 amide bonds. The molecule has 0 bridgehead atoms. The first-order valence-electron chi connectivity index (χ1n) is 19.0. The van der Waals surface area contributed by atoms with Crippen LogP contribution < -0.4 is 0 Å². The highest BCUT2D eigenvalue weighted by atomic mass is 14.9. The fourth-order valence-corrected chi connectivity index (χ4v) is 8.64. The van der Waals surface area contributed by atoms with Gasteiger partial charge in [-0.15, -0.1) is 0 Å². The van der Waals surface area contributed by atoms with Gasteiger partial charge in [0.2, 0.25) is 0 Å². The van der Waals surface area contributed by atoms with Crippen LogP contribution in [0.1, 0.15) is 25.0 Å². The van der Waals surface area contributed by atoms with Gasteiger partial charge in [0.1, 0.15) is 0 Å². The van der Waals surface area contributed by atoms with Gasteiger partial charge in [0, 0.05) is 22.1 Å². The van der Waals surface area contributed by atoms with Crippen molar-refractivity contribution in [3.05, 3.63) is 205 Å². The Morgan fingerprint density at radius 1 is 0.327 bits per heavy atom. The number of rotatable bonds is 6. The minimum atomic E-state index is -0.0452. The highest BCUT2D eigenvalue weighted by molar-refractivity contribution is 6.05. The molecular weight excluding hydrogens is 665 g/mol. The van der Waals surface area contributed by atoms with Crippen LogP contribution in [0.15, 0.2) is 194 Å². The maximum absolute atomic E-state index is 5.26. The van der Waals surface area contributed by atoms with Crippen LogP contribution >= 0.6 is 0 Å². The van der Waals surface area contributed by atoms with Crippen molar-refractivity contribution in [2.75, 3.05) is 0 Å². The standard InChI is InChI=1S/C53H38N2/c1-53(2)47-29-14-13-27-46(47)51-41(28-16-30-48(51)53)38-22-15-21-37(33-38)40-31-32-45(43-25-11-10-24-42(40)43)50-34-49(54-52(55-50)36-19-7-4-8-20-36)44-26-12-9-23-39(44)35-17-5-3-6-18-35/h3-34H,1-2H3. The van der Waals surface area contributed by atoms with Gasteiger partial charge in [-0.05, 0) is 78.5 Å². The third-order valence-corrected chi connectivity index (χ3v) is 11.3. The summed E-state index contributed by atoms with van der Waals surface area (Å²) in [4.78, 5) is 10.5. The van der Waals surface area contributed by atoms with Crippen molar-refractivity contribution in [2.24, 2.45) is 0 Å². The molecule has 2 heteroatoms. The largest absolute Gasteiger partial charge is 0.228 e. The quantitative estimate of drug-likeness (QED) is 0.172. The van der Waals surface area contributed by atoms with Crippen molar-refractivity contribution < 1.29 is 0 Å². The Morgan fingerprint density at radius 2 is 0.818 bits per heavy atom. The number of nitrogens with zero attached hydrogens (tertiary/aromatic N) is 2. The Balaban J connectivity index is 1.13. The van der Waals surface area contributed by atoms with Gasteiger partial charge in [0.25, 0.3) is 0 Å². The molecule has 10 rings (SSSR count). The van der Waals surface area contributed by atoms with E-state index in [1.807, 2.05) is 18.2 Å². The molecule has 0 aliphatic heterocycles. The van der Waals surface area contributed by atoms with Gasteiger partial charge in [-0.25, -0.2) is 9.97 Å². The van der Waals surface area contributed by atoms with E-state index in [2.05, 4.69) is 190 Å². The van der Waals surface area contributed by atoms with E-state index in [1.165, 1.54) is 49.9 Å². The third kappa shape index (κ3) is 5.57. The first-order valence-corrected chi connectivity index (χ1v) is 19.0. The summed E-state index contributed by atoms with van der Waals surface area (Å²) >= 11 is 0. The summed E-state index contributed by atoms with van der Waals surface area (Å²) in [5.74, 6) is 0.706. The molecule has 260 valence electrons. The summed E-state index contributed by atoms with van der Waals surface area (Å²) < 4.78 is 0. The molecule has 1 aliphatic carbocycles. The van der Waals surface area contributed by atoms with Gasteiger partial charge in [0.15, 0.2) is 5.82 Å². The van der Waals surface area contributed by atoms with E-state index in [-0.39, 0.29) is 5.41 Å². The van der Waals surface area contributed by atoms with Gasteiger partial charge in [-0.2, -0.15) is 0 Å². The molecule has 55 heavy (non-hydrogen) atoms. The van der Waals surface area contributed by atoms with Gasteiger partial charge < -0.3 is 0 Å². The Kier molecular flexibility index (Phi) is 7.85. The molecule has 1 heterocycles. The van der Waals surface area contributed by atoms with Crippen LogP contribution in [-0.4, -0.2) is 9.97 Å². The summed E-state index contributed by atoms with van der Waals surface area (Å²) in [7, 11) is 0. The van der Waals surface area contributed by atoms with Crippen molar-refractivity contribution in [2.45, 2.75) is 19.3 Å². The predicted octanol–water partition coefficient (Wildman–Crippen LogP) is 13.9. The van der Waals surface area contributed by atoms with E-state index >= 15 is 0 Å². The highest BCUT2D eigenvalue weighted by Gasteiger charge is 2.36. The lowest BCUT2D eigenvalue weighted by molar-refractivity contribution is 0.660. The summed E-state index contributed by atoms with van der Waals surface area (Å²) in [6.07, 6.45) is 0. The highest BCUT2D eigenvalue weighted by Crippen LogP contribution is 2.52. The zero-order valence-corrected chi connectivity index (χ0v) is 30.9. The monoisotopic (exact) mass is 702 g/mol. The number of benzene rings is 8. The molecule has 9 aromatic rings. The normalized spacial score (nSPS) is 12.7. The van der Waals surface area contributed by atoms with Crippen molar-refractivity contribution in [1.29, 1.82) is 0 Å². The molecule has 0 unspecified atom stereocenters.